The van der Waals surface area contributed by atoms with Crippen LogP contribution in [-0.4, -0.2) is 11.0 Å². The number of nitrogens with zero attached hydrogens (tertiary/aromatic N) is 1. The Kier molecular flexibility index (Phi) is 3.09. The molecule has 0 saturated heterocycles. The van der Waals surface area contributed by atoms with Gasteiger partial charge in [-0.05, 0) is 31.9 Å². The highest BCUT2D eigenvalue weighted by molar-refractivity contribution is 5.48. The van der Waals surface area contributed by atoms with Crippen LogP contribution in [0.3, 0.4) is 0 Å². The van der Waals surface area contributed by atoms with Gasteiger partial charge in [0.05, 0.1) is 11.9 Å². The number of aryl methyl sites for hydroxylation is 1. The van der Waals surface area contributed by atoms with E-state index < -0.39 is 0 Å². The fraction of sp³-hybridized carbons (Fsp3) is 0.500. The van der Waals surface area contributed by atoms with Crippen LogP contribution >= 0.6 is 0 Å². The van der Waals surface area contributed by atoms with Crippen molar-refractivity contribution in [3.8, 4) is 0 Å². The van der Waals surface area contributed by atoms with Crippen LogP contribution in [-0.2, 0) is 0 Å². The van der Waals surface area contributed by atoms with Gasteiger partial charge in [-0.3, -0.25) is 4.98 Å². The molecule has 66 valence electrons. The summed E-state index contributed by atoms with van der Waals surface area (Å²) < 4.78 is 0. The molecule has 0 unspecified atom stereocenters. The Balaban J connectivity index is 2.69. The number of hydrogen-bond donors (Lipinski definition) is 1. The van der Waals surface area contributed by atoms with E-state index in [1.165, 1.54) is 5.56 Å². The zero-order valence-corrected chi connectivity index (χ0v) is 7.96. The van der Waals surface area contributed by atoms with Crippen LogP contribution in [0.25, 0.3) is 0 Å². The van der Waals surface area contributed by atoms with Gasteiger partial charge in [-0.15, -0.1) is 0 Å². The molecular weight excluding hydrogens is 148 g/mol. The standard InChI is InChI=1S/C10H16N2/c1-4-9(3)12-10-7-11-6-5-8(10)2/h5-7,9,12H,4H2,1-3H3/t9-/m1/s1. The largest absolute Gasteiger partial charge is 0.381 e. The van der Waals surface area contributed by atoms with Crippen LogP contribution in [0.5, 0.6) is 0 Å². The molecule has 1 heterocycles. The SMILES string of the molecule is CC[C@@H](C)Nc1cnccc1C. The highest BCUT2D eigenvalue weighted by Crippen LogP contribution is 2.13. The molecule has 0 spiro atoms. The van der Waals surface area contributed by atoms with Crippen molar-refractivity contribution in [2.75, 3.05) is 5.32 Å². The Morgan fingerprint density at radius 2 is 2.33 bits per heavy atom. The van der Waals surface area contributed by atoms with Crippen LogP contribution in [0.4, 0.5) is 5.69 Å². The molecule has 0 aliphatic heterocycles. The molecule has 0 saturated carbocycles. The van der Waals surface area contributed by atoms with E-state index in [4.69, 9.17) is 0 Å². The van der Waals surface area contributed by atoms with Crippen LogP contribution < -0.4 is 5.32 Å². The molecule has 0 aliphatic rings. The van der Waals surface area contributed by atoms with Crippen molar-refractivity contribution < 1.29 is 0 Å². The second-order valence-electron chi connectivity index (χ2n) is 3.14. The molecule has 1 aromatic heterocycles. The number of anilines is 1. The normalized spacial score (nSPS) is 12.6. The lowest BCUT2D eigenvalue weighted by Crippen LogP contribution is -2.14. The number of nitrogens with one attached hydrogen (secondary N) is 1. The first-order valence-electron chi connectivity index (χ1n) is 4.41. The predicted molar refractivity (Wildman–Crippen MR) is 52.3 cm³/mol. The molecular formula is C10H16N2. The van der Waals surface area contributed by atoms with Gasteiger partial charge in [-0.1, -0.05) is 6.92 Å². The monoisotopic (exact) mass is 164 g/mol. The van der Waals surface area contributed by atoms with E-state index in [9.17, 15) is 0 Å². The number of pyridine rings is 1. The lowest BCUT2D eigenvalue weighted by molar-refractivity contribution is 0.762. The summed E-state index contributed by atoms with van der Waals surface area (Å²) in [6.07, 6.45) is 4.83. The summed E-state index contributed by atoms with van der Waals surface area (Å²) >= 11 is 0. The molecule has 0 radical (unpaired) electrons. The first-order valence-corrected chi connectivity index (χ1v) is 4.41. The molecule has 1 atom stereocenters. The maximum Gasteiger partial charge on any atom is 0.0558 e. The molecule has 1 rings (SSSR count). The van der Waals surface area contributed by atoms with Gasteiger partial charge < -0.3 is 5.32 Å². The average Bonchev–Trinajstić information content (AvgIpc) is 2.09. The topological polar surface area (TPSA) is 24.9 Å². The smallest absolute Gasteiger partial charge is 0.0558 e. The molecule has 1 N–H and O–H groups in total. The van der Waals surface area contributed by atoms with Crippen molar-refractivity contribution in [3.63, 3.8) is 0 Å². The first-order chi connectivity index (χ1) is 5.74. The highest BCUT2D eigenvalue weighted by Gasteiger charge is 2.00. The second-order valence-corrected chi connectivity index (χ2v) is 3.14. The van der Waals surface area contributed by atoms with Gasteiger partial charge in [0.15, 0.2) is 0 Å². The minimum absolute atomic E-state index is 0.521. The lowest BCUT2D eigenvalue weighted by atomic mass is 10.2. The average molecular weight is 164 g/mol. The van der Waals surface area contributed by atoms with Crippen molar-refractivity contribution >= 4 is 5.69 Å². The summed E-state index contributed by atoms with van der Waals surface area (Å²) in [5.41, 5.74) is 2.40. The Morgan fingerprint density at radius 1 is 1.58 bits per heavy atom. The fourth-order valence-corrected chi connectivity index (χ4v) is 0.983. The zero-order valence-electron chi connectivity index (χ0n) is 7.96. The predicted octanol–water partition coefficient (Wildman–Crippen LogP) is 2.60. The summed E-state index contributed by atoms with van der Waals surface area (Å²) in [4.78, 5) is 4.07. The van der Waals surface area contributed by atoms with Gasteiger partial charge in [-0.2, -0.15) is 0 Å². The summed E-state index contributed by atoms with van der Waals surface area (Å²) in [6, 6.07) is 2.54. The molecule has 1 aromatic rings. The molecule has 0 bridgehead atoms. The van der Waals surface area contributed by atoms with Crippen molar-refractivity contribution in [1.82, 2.24) is 4.98 Å². The number of aromatic nitrogens is 1. The van der Waals surface area contributed by atoms with Crippen LogP contribution in [0, 0.1) is 6.92 Å². The Morgan fingerprint density at radius 3 is 2.92 bits per heavy atom. The molecule has 2 nitrogen and oxygen atoms in total. The Labute approximate surface area is 74.0 Å². The molecule has 2 heteroatoms. The molecule has 12 heavy (non-hydrogen) atoms. The van der Waals surface area contributed by atoms with Crippen LogP contribution in [0.1, 0.15) is 25.8 Å². The summed E-state index contributed by atoms with van der Waals surface area (Å²) in [6.45, 7) is 6.43. The first kappa shape index (κ1) is 9.04. The fourth-order valence-electron chi connectivity index (χ4n) is 0.983. The zero-order chi connectivity index (χ0) is 8.97. The summed E-state index contributed by atoms with van der Waals surface area (Å²) in [5, 5.41) is 3.40. The van der Waals surface area contributed by atoms with Gasteiger partial charge in [-0.25, -0.2) is 0 Å². The van der Waals surface area contributed by atoms with E-state index in [0.29, 0.717) is 6.04 Å². The quantitative estimate of drug-likeness (QED) is 0.742. The van der Waals surface area contributed by atoms with Crippen molar-refractivity contribution in [3.05, 3.63) is 24.0 Å². The summed E-state index contributed by atoms with van der Waals surface area (Å²) in [5.74, 6) is 0. The van der Waals surface area contributed by atoms with E-state index >= 15 is 0 Å². The van der Waals surface area contributed by atoms with Gasteiger partial charge in [0.1, 0.15) is 0 Å². The van der Waals surface area contributed by atoms with Gasteiger partial charge in [0.25, 0.3) is 0 Å². The molecule has 0 aliphatic carbocycles. The van der Waals surface area contributed by atoms with E-state index in [0.717, 1.165) is 12.1 Å². The van der Waals surface area contributed by atoms with Crippen molar-refractivity contribution in [2.45, 2.75) is 33.2 Å². The van der Waals surface area contributed by atoms with Crippen LogP contribution in [0.15, 0.2) is 18.5 Å². The van der Waals surface area contributed by atoms with E-state index in [-0.39, 0.29) is 0 Å². The van der Waals surface area contributed by atoms with Crippen molar-refractivity contribution in [1.29, 1.82) is 0 Å². The number of hydrogen-bond acceptors (Lipinski definition) is 2. The third-order valence-corrected chi connectivity index (χ3v) is 2.05. The number of rotatable bonds is 3. The maximum absolute atomic E-state index is 4.07. The third kappa shape index (κ3) is 2.22. The molecule has 0 amide bonds. The van der Waals surface area contributed by atoms with E-state index in [1.807, 2.05) is 18.5 Å². The Bertz CT molecular complexity index is 245. The lowest BCUT2D eigenvalue weighted by Gasteiger charge is -2.14. The minimum Gasteiger partial charge on any atom is -0.381 e. The van der Waals surface area contributed by atoms with Gasteiger partial charge >= 0.3 is 0 Å². The molecule has 0 fully saturated rings. The second kappa shape index (κ2) is 4.10. The molecule has 0 aromatic carbocycles. The van der Waals surface area contributed by atoms with Gasteiger partial charge in [0, 0.05) is 12.2 Å². The summed E-state index contributed by atoms with van der Waals surface area (Å²) in [7, 11) is 0. The van der Waals surface area contributed by atoms with E-state index in [2.05, 4.69) is 31.1 Å². The third-order valence-electron chi connectivity index (χ3n) is 2.05. The Hall–Kier alpha value is -1.05. The minimum atomic E-state index is 0.521. The highest BCUT2D eigenvalue weighted by atomic mass is 14.9. The van der Waals surface area contributed by atoms with Crippen molar-refractivity contribution in [2.24, 2.45) is 0 Å². The van der Waals surface area contributed by atoms with E-state index in [1.54, 1.807) is 0 Å². The van der Waals surface area contributed by atoms with Gasteiger partial charge in [0.2, 0.25) is 0 Å². The van der Waals surface area contributed by atoms with Crippen LogP contribution in [0.2, 0.25) is 0 Å². The maximum atomic E-state index is 4.07.